The Kier molecular flexibility index (Phi) is 4.71. The Bertz CT molecular complexity index is 387. The molecule has 0 aliphatic carbocycles. The van der Waals surface area contributed by atoms with Crippen LogP contribution in [-0.4, -0.2) is 62.7 Å². The van der Waals surface area contributed by atoms with Crippen molar-refractivity contribution in [2.24, 2.45) is 11.8 Å². The fourth-order valence-electron chi connectivity index (χ4n) is 2.49. The molecular formula is C12H18N4O3. The lowest BCUT2D eigenvalue weighted by molar-refractivity contribution is -0.143. The van der Waals surface area contributed by atoms with Crippen LogP contribution < -0.4 is 10.6 Å². The van der Waals surface area contributed by atoms with Crippen LogP contribution in [0, 0.1) is 23.2 Å². The largest absolute Gasteiger partial charge is 0.378 e. The molecule has 0 unspecified atom stereocenters. The number of carbonyl (C=O) groups excluding carboxylic acids is 2. The summed E-state index contributed by atoms with van der Waals surface area (Å²) < 4.78 is 5.22. The molecule has 7 heteroatoms. The molecule has 2 heterocycles. The highest BCUT2D eigenvalue weighted by Gasteiger charge is 2.39. The summed E-state index contributed by atoms with van der Waals surface area (Å²) in [5, 5.41) is 14.1. The Morgan fingerprint density at radius 2 is 2.00 bits per heavy atom. The Labute approximate surface area is 111 Å². The molecule has 19 heavy (non-hydrogen) atoms. The van der Waals surface area contributed by atoms with E-state index in [2.05, 4.69) is 10.6 Å². The number of carbonyl (C=O) groups is 2. The lowest BCUT2D eigenvalue weighted by Crippen LogP contribution is -2.47. The van der Waals surface area contributed by atoms with Crippen LogP contribution >= 0.6 is 0 Å². The zero-order valence-electron chi connectivity index (χ0n) is 10.7. The van der Waals surface area contributed by atoms with Crippen molar-refractivity contribution in [3.05, 3.63) is 0 Å². The number of amides is 2. The number of rotatable bonds is 3. The van der Waals surface area contributed by atoms with E-state index in [1.165, 1.54) is 0 Å². The number of nitrogens with one attached hydrogen (secondary N) is 2. The average molecular weight is 266 g/mol. The monoisotopic (exact) mass is 266 g/mol. The molecular weight excluding hydrogens is 248 g/mol. The number of ether oxygens (including phenoxy) is 1. The first kappa shape index (κ1) is 13.8. The lowest BCUT2D eigenvalue weighted by atomic mass is 9.93. The highest BCUT2D eigenvalue weighted by molar-refractivity contribution is 5.88. The SMILES string of the molecule is N#CCNC(=O)[C@@H]1CNC[C@H]1C(=O)N1CCOCC1. The van der Waals surface area contributed by atoms with Crippen molar-refractivity contribution in [2.45, 2.75) is 0 Å². The van der Waals surface area contributed by atoms with Gasteiger partial charge >= 0.3 is 0 Å². The van der Waals surface area contributed by atoms with E-state index in [9.17, 15) is 9.59 Å². The summed E-state index contributed by atoms with van der Waals surface area (Å²) in [6.45, 7) is 3.25. The molecule has 0 spiro atoms. The molecule has 7 nitrogen and oxygen atoms in total. The van der Waals surface area contributed by atoms with Crippen LogP contribution in [-0.2, 0) is 14.3 Å². The molecule has 2 aliphatic heterocycles. The molecule has 2 saturated heterocycles. The summed E-state index contributed by atoms with van der Waals surface area (Å²) in [5.41, 5.74) is 0. The van der Waals surface area contributed by atoms with Gasteiger partial charge in [0.05, 0.1) is 31.1 Å². The molecule has 2 fully saturated rings. The first-order chi connectivity index (χ1) is 9.24. The molecule has 0 bridgehead atoms. The smallest absolute Gasteiger partial charge is 0.227 e. The molecule has 0 aromatic carbocycles. The lowest BCUT2D eigenvalue weighted by Gasteiger charge is -2.30. The van der Waals surface area contributed by atoms with E-state index in [0.29, 0.717) is 39.4 Å². The highest BCUT2D eigenvalue weighted by atomic mass is 16.5. The average Bonchev–Trinajstić information content (AvgIpc) is 2.94. The summed E-state index contributed by atoms with van der Waals surface area (Å²) in [7, 11) is 0. The Morgan fingerprint density at radius 1 is 1.32 bits per heavy atom. The minimum absolute atomic E-state index is 0.00501. The zero-order valence-corrected chi connectivity index (χ0v) is 10.7. The second kappa shape index (κ2) is 6.50. The molecule has 0 radical (unpaired) electrons. The second-order valence-electron chi connectivity index (χ2n) is 4.68. The van der Waals surface area contributed by atoms with Crippen LogP contribution in [0.25, 0.3) is 0 Å². The van der Waals surface area contributed by atoms with Gasteiger partial charge in [0.15, 0.2) is 0 Å². The number of hydrogen-bond donors (Lipinski definition) is 2. The van der Waals surface area contributed by atoms with Crippen LogP contribution in [0.2, 0.25) is 0 Å². The predicted molar refractivity (Wildman–Crippen MR) is 65.9 cm³/mol. The highest BCUT2D eigenvalue weighted by Crippen LogP contribution is 2.20. The van der Waals surface area contributed by atoms with E-state index in [-0.39, 0.29) is 30.2 Å². The van der Waals surface area contributed by atoms with Gasteiger partial charge in [0.2, 0.25) is 11.8 Å². The maximum absolute atomic E-state index is 12.4. The van der Waals surface area contributed by atoms with E-state index < -0.39 is 0 Å². The zero-order chi connectivity index (χ0) is 13.7. The fourth-order valence-corrected chi connectivity index (χ4v) is 2.49. The van der Waals surface area contributed by atoms with Crippen molar-refractivity contribution in [3.8, 4) is 6.07 Å². The number of nitrogens with zero attached hydrogens (tertiary/aromatic N) is 2. The van der Waals surface area contributed by atoms with Gasteiger partial charge in [0.1, 0.15) is 6.54 Å². The van der Waals surface area contributed by atoms with Gasteiger partial charge in [-0.25, -0.2) is 0 Å². The Hall–Kier alpha value is -1.65. The van der Waals surface area contributed by atoms with Gasteiger partial charge in [-0.05, 0) is 0 Å². The summed E-state index contributed by atoms with van der Waals surface area (Å²) in [5.74, 6) is -0.941. The molecule has 2 rings (SSSR count). The van der Waals surface area contributed by atoms with Gasteiger partial charge in [-0.3, -0.25) is 9.59 Å². The third-order valence-corrected chi connectivity index (χ3v) is 3.53. The number of nitriles is 1. The van der Waals surface area contributed by atoms with E-state index in [4.69, 9.17) is 10.00 Å². The number of morpholine rings is 1. The first-order valence-electron chi connectivity index (χ1n) is 6.46. The van der Waals surface area contributed by atoms with Crippen LogP contribution in [0.1, 0.15) is 0 Å². The molecule has 0 aromatic heterocycles. The molecule has 2 aliphatic rings. The van der Waals surface area contributed by atoms with Crippen molar-refractivity contribution in [1.82, 2.24) is 15.5 Å². The Morgan fingerprint density at radius 3 is 2.68 bits per heavy atom. The van der Waals surface area contributed by atoms with Crippen LogP contribution in [0.4, 0.5) is 0 Å². The van der Waals surface area contributed by atoms with Crippen LogP contribution in [0.3, 0.4) is 0 Å². The standard InChI is InChI=1S/C12H18N4O3/c13-1-2-15-11(17)9-7-14-8-10(9)12(18)16-3-5-19-6-4-16/h9-10,14H,2-8H2,(H,15,17)/t9-,10-/m1/s1. The molecule has 0 aromatic rings. The van der Waals surface area contributed by atoms with Gasteiger partial charge in [0.25, 0.3) is 0 Å². The minimum Gasteiger partial charge on any atom is -0.378 e. The quantitative estimate of drug-likeness (QED) is 0.595. The summed E-state index contributed by atoms with van der Waals surface area (Å²) in [4.78, 5) is 26.0. The van der Waals surface area contributed by atoms with Crippen molar-refractivity contribution >= 4 is 11.8 Å². The van der Waals surface area contributed by atoms with Gasteiger partial charge in [-0.1, -0.05) is 0 Å². The fraction of sp³-hybridized carbons (Fsp3) is 0.750. The van der Waals surface area contributed by atoms with Crippen LogP contribution in [0.15, 0.2) is 0 Å². The van der Waals surface area contributed by atoms with Crippen molar-refractivity contribution in [2.75, 3.05) is 45.9 Å². The minimum atomic E-state index is -0.385. The molecule has 2 amide bonds. The maximum Gasteiger partial charge on any atom is 0.227 e. The topological polar surface area (TPSA) is 94.5 Å². The third kappa shape index (κ3) is 3.22. The maximum atomic E-state index is 12.4. The van der Waals surface area contributed by atoms with E-state index in [0.717, 1.165) is 0 Å². The predicted octanol–water partition coefficient (Wildman–Crippen LogP) is -1.68. The van der Waals surface area contributed by atoms with E-state index in [1.807, 2.05) is 6.07 Å². The molecule has 2 N–H and O–H groups in total. The van der Waals surface area contributed by atoms with Gasteiger partial charge < -0.3 is 20.3 Å². The molecule has 2 atom stereocenters. The summed E-state index contributed by atoms with van der Waals surface area (Å²) >= 11 is 0. The van der Waals surface area contributed by atoms with Crippen molar-refractivity contribution in [1.29, 1.82) is 5.26 Å². The molecule has 0 saturated carbocycles. The van der Waals surface area contributed by atoms with Crippen molar-refractivity contribution in [3.63, 3.8) is 0 Å². The normalized spacial score (nSPS) is 26.8. The Balaban J connectivity index is 1.95. The first-order valence-corrected chi connectivity index (χ1v) is 6.46. The molecule has 104 valence electrons. The third-order valence-electron chi connectivity index (χ3n) is 3.53. The van der Waals surface area contributed by atoms with Gasteiger partial charge in [-0.15, -0.1) is 0 Å². The second-order valence-corrected chi connectivity index (χ2v) is 4.68. The summed E-state index contributed by atoms with van der Waals surface area (Å²) in [6.07, 6.45) is 0. The van der Waals surface area contributed by atoms with E-state index >= 15 is 0 Å². The number of hydrogen-bond acceptors (Lipinski definition) is 5. The van der Waals surface area contributed by atoms with Crippen molar-refractivity contribution < 1.29 is 14.3 Å². The van der Waals surface area contributed by atoms with Crippen LogP contribution in [0.5, 0.6) is 0 Å². The van der Waals surface area contributed by atoms with E-state index in [1.54, 1.807) is 4.90 Å². The van der Waals surface area contributed by atoms with Gasteiger partial charge in [0, 0.05) is 26.2 Å². The summed E-state index contributed by atoms with van der Waals surface area (Å²) in [6, 6.07) is 1.87. The van der Waals surface area contributed by atoms with Gasteiger partial charge in [-0.2, -0.15) is 5.26 Å².